The number of hydrogen-bond acceptors (Lipinski definition) is 6. The number of amidine groups is 1. The summed E-state index contributed by atoms with van der Waals surface area (Å²) in [6.45, 7) is 0. The molecule has 0 aromatic carbocycles. The van der Waals surface area contributed by atoms with Crippen LogP contribution in [0.15, 0.2) is 17.0 Å². The van der Waals surface area contributed by atoms with Gasteiger partial charge in [0.25, 0.3) is 0 Å². The zero-order valence-corrected chi connectivity index (χ0v) is 6.35. The highest BCUT2D eigenvalue weighted by molar-refractivity contribution is 7.96. The highest BCUT2D eigenvalue weighted by Gasteiger charge is 2.05. The van der Waals surface area contributed by atoms with Gasteiger partial charge in [-0.1, -0.05) is 0 Å². The largest absolute Gasteiger partial charge is 0.384 e. The first-order valence-corrected chi connectivity index (χ1v) is 3.82. The normalized spacial score (nSPS) is 17.5. The monoisotopic (exact) mass is 159 g/mol. The number of hydrogen-bond donors (Lipinski definition) is 3. The molecule has 0 aromatic rings. The predicted octanol–water partition coefficient (Wildman–Crippen LogP) is -0.843. The van der Waals surface area contributed by atoms with Crippen LogP contribution in [0.1, 0.15) is 0 Å². The van der Waals surface area contributed by atoms with E-state index in [-0.39, 0.29) is 0 Å². The Bertz CT molecular complexity index is 186. The molecular formula is C4H9N5S. The number of nitrogens with one attached hydrogen (secondary N) is 1. The summed E-state index contributed by atoms with van der Waals surface area (Å²) in [6, 6.07) is 0. The summed E-state index contributed by atoms with van der Waals surface area (Å²) in [5.74, 6) is 0.910. The molecule has 56 valence electrons. The molecule has 0 saturated heterocycles. The molecule has 0 aromatic heterocycles. The summed E-state index contributed by atoms with van der Waals surface area (Å²) in [5, 5.41) is 3.87. The minimum atomic E-state index is 0.408. The quantitative estimate of drug-likeness (QED) is 0.435. The fourth-order valence-corrected chi connectivity index (χ4v) is 0.920. The molecule has 0 spiro atoms. The van der Waals surface area contributed by atoms with Crippen molar-refractivity contribution in [2.45, 2.75) is 0 Å². The molecule has 0 aliphatic carbocycles. The first kappa shape index (κ1) is 7.07. The van der Waals surface area contributed by atoms with Gasteiger partial charge in [0.2, 0.25) is 0 Å². The van der Waals surface area contributed by atoms with Gasteiger partial charge in [0.1, 0.15) is 11.7 Å². The van der Waals surface area contributed by atoms with E-state index in [1.165, 1.54) is 16.5 Å². The van der Waals surface area contributed by atoms with Gasteiger partial charge in [-0.05, 0) is 11.9 Å². The minimum Gasteiger partial charge on any atom is -0.384 e. The minimum absolute atomic E-state index is 0.408. The van der Waals surface area contributed by atoms with Crippen LogP contribution >= 0.6 is 11.9 Å². The molecule has 10 heavy (non-hydrogen) atoms. The van der Waals surface area contributed by atoms with Gasteiger partial charge in [-0.2, -0.15) is 0 Å². The van der Waals surface area contributed by atoms with Crippen molar-refractivity contribution in [3.8, 4) is 0 Å². The van der Waals surface area contributed by atoms with E-state index >= 15 is 0 Å². The Balaban J connectivity index is 2.67. The summed E-state index contributed by atoms with van der Waals surface area (Å²) in [6.07, 6.45) is 3.43. The van der Waals surface area contributed by atoms with E-state index in [0.717, 1.165) is 0 Å². The molecule has 1 rings (SSSR count). The van der Waals surface area contributed by atoms with Crippen molar-refractivity contribution in [3.63, 3.8) is 0 Å². The highest BCUT2D eigenvalue weighted by atomic mass is 32.2. The van der Waals surface area contributed by atoms with Crippen LogP contribution in [-0.4, -0.2) is 16.6 Å². The van der Waals surface area contributed by atoms with Crippen LogP contribution in [0.5, 0.6) is 0 Å². The van der Waals surface area contributed by atoms with Crippen molar-refractivity contribution in [3.05, 3.63) is 11.9 Å². The molecule has 5 nitrogen and oxygen atoms in total. The molecule has 0 saturated carbocycles. The van der Waals surface area contributed by atoms with Crippen LogP contribution in [0.2, 0.25) is 0 Å². The Morgan fingerprint density at radius 1 is 1.70 bits per heavy atom. The van der Waals surface area contributed by atoms with Crippen molar-refractivity contribution in [2.75, 3.05) is 6.26 Å². The fourth-order valence-electron chi connectivity index (χ4n) is 0.547. The lowest BCUT2D eigenvalue weighted by molar-refractivity contribution is 0.407. The van der Waals surface area contributed by atoms with Crippen LogP contribution in [0.3, 0.4) is 0 Å². The number of rotatable bonds is 1. The molecule has 0 amide bonds. The molecule has 0 unspecified atom stereocenters. The van der Waals surface area contributed by atoms with Gasteiger partial charge in [-0.3, -0.25) is 5.43 Å². The Hall–Kier alpha value is -1.04. The number of hydrazone groups is 1. The van der Waals surface area contributed by atoms with Gasteiger partial charge >= 0.3 is 0 Å². The average molecular weight is 159 g/mol. The Kier molecular flexibility index (Phi) is 1.91. The number of nitrogens with two attached hydrogens (primary N) is 2. The lowest BCUT2D eigenvalue weighted by Gasteiger charge is -2.20. The van der Waals surface area contributed by atoms with E-state index < -0.39 is 0 Å². The maximum Gasteiger partial charge on any atom is 0.150 e. The van der Waals surface area contributed by atoms with Crippen molar-refractivity contribution >= 4 is 17.8 Å². The van der Waals surface area contributed by atoms with Crippen molar-refractivity contribution < 1.29 is 0 Å². The van der Waals surface area contributed by atoms with Crippen LogP contribution in [0.4, 0.5) is 0 Å². The fraction of sp³-hybridized carbons (Fsp3) is 0.250. The average Bonchev–Trinajstić information content (AvgIpc) is 1.85. The van der Waals surface area contributed by atoms with Crippen molar-refractivity contribution in [2.24, 2.45) is 16.6 Å². The molecule has 5 N–H and O–H groups in total. The van der Waals surface area contributed by atoms with Gasteiger partial charge in [-0.15, -0.1) is 9.62 Å². The topological polar surface area (TPSA) is 79.7 Å². The molecule has 0 atom stereocenters. The van der Waals surface area contributed by atoms with Crippen molar-refractivity contribution in [1.82, 2.24) is 9.95 Å². The first-order chi connectivity index (χ1) is 4.72. The Labute approximate surface area is 63.2 Å². The lowest BCUT2D eigenvalue weighted by Crippen LogP contribution is -2.37. The van der Waals surface area contributed by atoms with Gasteiger partial charge in [0.05, 0.1) is 0 Å². The summed E-state index contributed by atoms with van der Waals surface area (Å²) in [7, 11) is 0. The van der Waals surface area contributed by atoms with E-state index in [1.54, 1.807) is 6.08 Å². The zero-order chi connectivity index (χ0) is 7.56. The highest BCUT2D eigenvalue weighted by Crippen LogP contribution is 2.05. The molecule has 1 aliphatic rings. The smallest absolute Gasteiger partial charge is 0.150 e. The first-order valence-electron chi connectivity index (χ1n) is 2.64. The second kappa shape index (κ2) is 2.70. The van der Waals surface area contributed by atoms with Crippen LogP contribution in [-0.2, 0) is 0 Å². The Morgan fingerprint density at radius 3 is 2.90 bits per heavy atom. The molecular weight excluding hydrogens is 150 g/mol. The van der Waals surface area contributed by atoms with Crippen LogP contribution < -0.4 is 16.9 Å². The molecule has 1 aliphatic heterocycles. The predicted molar refractivity (Wildman–Crippen MR) is 42.4 cm³/mol. The third kappa shape index (κ3) is 1.47. The third-order valence-corrected chi connectivity index (χ3v) is 1.43. The van der Waals surface area contributed by atoms with Gasteiger partial charge in [0.15, 0.2) is 0 Å². The van der Waals surface area contributed by atoms with Gasteiger partial charge in [0, 0.05) is 12.3 Å². The lowest BCUT2D eigenvalue weighted by atomic mass is 10.5. The summed E-state index contributed by atoms with van der Waals surface area (Å²) < 4.78 is 1.49. The number of hydrazine groups is 1. The Morgan fingerprint density at radius 2 is 2.40 bits per heavy atom. The van der Waals surface area contributed by atoms with E-state index in [1.807, 2.05) is 6.26 Å². The summed E-state index contributed by atoms with van der Waals surface area (Å²) in [4.78, 5) is 0. The molecule has 0 radical (unpaired) electrons. The molecule has 6 heteroatoms. The molecule has 0 bridgehead atoms. The van der Waals surface area contributed by atoms with E-state index in [9.17, 15) is 0 Å². The summed E-state index contributed by atoms with van der Waals surface area (Å²) >= 11 is 1.39. The second-order valence-electron chi connectivity index (χ2n) is 1.69. The van der Waals surface area contributed by atoms with Crippen molar-refractivity contribution in [1.29, 1.82) is 0 Å². The SMILES string of the molecule is CSN1N=C(N)C=C(N)N1. The zero-order valence-electron chi connectivity index (χ0n) is 5.53. The van der Waals surface area contributed by atoms with Crippen LogP contribution in [0, 0.1) is 0 Å². The van der Waals surface area contributed by atoms with E-state index in [4.69, 9.17) is 11.5 Å². The summed E-state index contributed by atoms with van der Waals surface area (Å²) in [5.41, 5.74) is 13.6. The van der Waals surface area contributed by atoms with E-state index in [2.05, 4.69) is 10.5 Å². The standard InChI is InChI=1S/C4H9N5S/c1-10-9-7-3(5)2-4(6)8-9/h2,7H,5H2,1H3,(H2,6,8). The van der Waals surface area contributed by atoms with Gasteiger partial charge in [-0.25, -0.2) is 0 Å². The number of nitrogens with zero attached hydrogens (tertiary/aromatic N) is 2. The molecule has 0 fully saturated rings. The second-order valence-corrected chi connectivity index (χ2v) is 2.40. The van der Waals surface area contributed by atoms with E-state index in [0.29, 0.717) is 11.7 Å². The maximum atomic E-state index is 5.43. The maximum absolute atomic E-state index is 5.43. The van der Waals surface area contributed by atoms with Gasteiger partial charge < -0.3 is 11.5 Å². The molecule has 1 heterocycles. The third-order valence-electron chi connectivity index (χ3n) is 0.907. The van der Waals surface area contributed by atoms with Crippen LogP contribution in [0.25, 0.3) is 0 Å².